The van der Waals surface area contributed by atoms with Gasteiger partial charge in [-0.05, 0) is 43.2 Å². The number of rotatable bonds is 15. The van der Waals surface area contributed by atoms with Gasteiger partial charge in [0.25, 0.3) is 0 Å². The van der Waals surface area contributed by atoms with Crippen molar-refractivity contribution in [3.63, 3.8) is 0 Å². The van der Waals surface area contributed by atoms with E-state index in [1.54, 1.807) is 0 Å². The molecule has 2 rings (SSSR count). The molecule has 2 aromatic rings. The van der Waals surface area contributed by atoms with Crippen molar-refractivity contribution in [3.05, 3.63) is 65.7 Å². The number of halogens is 1. The number of hydrogen-bond donors (Lipinski definition) is 2. The fourth-order valence-corrected chi connectivity index (χ4v) is 3.51. The Balaban J connectivity index is 0.00000480. The van der Waals surface area contributed by atoms with Crippen LogP contribution < -0.4 is 22.5 Å². The third-order valence-electron chi connectivity index (χ3n) is 5.49. The van der Waals surface area contributed by atoms with E-state index in [-0.39, 0.29) is 24.2 Å². The lowest BCUT2D eigenvalue weighted by Crippen LogP contribution is -3.00. The van der Waals surface area contributed by atoms with Crippen LogP contribution in [0.25, 0.3) is 0 Å². The van der Waals surface area contributed by atoms with Crippen molar-refractivity contribution >= 4 is 5.78 Å². The topological polar surface area (TPSA) is 63.1 Å². The molecule has 0 aliphatic carbocycles. The summed E-state index contributed by atoms with van der Waals surface area (Å²) in [6, 6.07) is 17.1. The Hall–Kier alpha value is -1.88. The number of aliphatic hydroxyl groups is 1. The number of carbonyl (C=O) groups is 1. The second-order valence-electron chi connectivity index (χ2n) is 8.05. The molecule has 0 saturated carbocycles. The highest BCUT2D eigenvalue weighted by Gasteiger charge is 2.19. The minimum Gasteiger partial charge on any atom is -1.00 e. The molecule has 0 aromatic heterocycles. The Morgan fingerprint density at radius 1 is 0.968 bits per heavy atom. The van der Waals surface area contributed by atoms with E-state index < -0.39 is 6.10 Å². The second-order valence-corrected chi connectivity index (χ2v) is 8.05. The molecule has 172 valence electrons. The molecule has 0 spiro atoms. The van der Waals surface area contributed by atoms with Crippen molar-refractivity contribution in [1.82, 2.24) is 0 Å². The van der Waals surface area contributed by atoms with E-state index in [1.807, 2.05) is 66.8 Å². The van der Waals surface area contributed by atoms with Gasteiger partial charge in [0, 0.05) is 5.56 Å². The van der Waals surface area contributed by atoms with Crippen LogP contribution in [0.1, 0.15) is 80.8 Å². The lowest BCUT2D eigenvalue weighted by molar-refractivity contribution is -0.693. The second kappa shape index (κ2) is 15.9. The quantitative estimate of drug-likeness (QED) is 0.322. The first-order valence-electron chi connectivity index (χ1n) is 11.4. The summed E-state index contributed by atoms with van der Waals surface area (Å²) in [4.78, 5) is 12.4. The third-order valence-corrected chi connectivity index (χ3v) is 5.49. The van der Waals surface area contributed by atoms with Gasteiger partial charge in [0.05, 0.1) is 19.6 Å². The zero-order chi connectivity index (χ0) is 21.6. The number of Topliss-reactive ketones (excluding diaryl/α,β-unsaturated/α-hetero) is 1. The van der Waals surface area contributed by atoms with E-state index >= 15 is 0 Å². The predicted octanol–water partition coefficient (Wildman–Crippen LogP) is 1.69. The molecular formula is C26H38ClNO3. The van der Waals surface area contributed by atoms with Crippen molar-refractivity contribution in [1.29, 1.82) is 0 Å². The fraction of sp³-hybridized carbons (Fsp3) is 0.500. The van der Waals surface area contributed by atoms with Crippen molar-refractivity contribution in [3.8, 4) is 5.75 Å². The molecule has 2 unspecified atom stereocenters. The minimum absolute atomic E-state index is 0. The van der Waals surface area contributed by atoms with Gasteiger partial charge in [-0.15, -0.1) is 0 Å². The summed E-state index contributed by atoms with van der Waals surface area (Å²) in [7, 11) is 0. The third kappa shape index (κ3) is 10.3. The van der Waals surface area contributed by atoms with E-state index in [2.05, 4.69) is 6.92 Å². The van der Waals surface area contributed by atoms with Crippen LogP contribution >= 0.6 is 0 Å². The van der Waals surface area contributed by atoms with E-state index in [1.165, 1.54) is 32.1 Å². The summed E-state index contributed by atoms with van der Waals surface area (Å²) in [5.41, 5.74) is 1.62. The molecule has 0 aliphatic rings. The van der Waals surface area contributed by atoms with Gasteiger partial charge in [0.1, 0.15) is 17.9 Å². The van der Waals surface area contributed by atoms with Crippen LogP contribution in [0.4, 0.5) is 0 Å². The molecule has 0 fully saturated rings. The van der Waals surface area contributed by atoms with Gasteiger partial charge in [-0.3, -0.25) is 4.79 Å². The van der Waals surface area contributed by atoms with Gasteiger partial charge < -0.3 is 27.6 Å². The fourth-order valence-electron chi connectivity index (χ4n) is 3.51. The lowest BCUT2D eigenvalue weighted by Gasteiger charge is -2.17. The number of benzene rings is 2. The number of ether oxygens (including phenoxy) is 1. The summed E-state index contributed by atoms with van der Waals surface area (Å²) < 4.78 is 5.78. The van der Waals surface area contributed by atoms with Crippen molar-refractivity contribution < 1.29 is 32.4 Å². The number of nitrogens with two attached hydrogens (primary N) is 1. The zero-order valence-corrected chi connectivity index (χ0v) is 19.7. The number of carbonyl (C=O) groups excluding carboxylic acids is 1. The molecule has 31 heavy (non-hydrogen) atoms. The molecule has 3 N–H and O–H groups in total. The number of unbranched alkanes of at least 4 members (excludes halogenated alkanes) is 5. The molecule has 2 atom stereocenters. The highest BCUT2D eigenvalue weighted by molar-refractivity contribution is 5.96. The smallest absolute Gasteiger partial charge is 0.168 e. The molecule has 0 bridgehead atoms. The van der Waals surface area contributed by atoms with Crippen LogP contribution in [0, 0.1) is 0 Å². The van der Waals surface area contributed by atoms with Gasteiger partial charge in [-0.2, -0.15) is 0 Å². The van der Waals surface area contributed by atoms with Crippen LogP contribution in [0.15, 0.2) is 54.6 Å². The SMILES string of the molecule is CCCCCCCCOc1ccc(C(=O)CC[NH2+]C(C)C(O)c2ccccc2)cc1.[Cl-]. The van der Waals surface area contributed by atoms with Crippen molar-refractivity contribution in [2.75, 3.05) is 13.2 Å². The van der Waals surface area contributed by atoms with Crippen LogP contribution in [-0.2, 0) is 0 Å². The Kier molecular flexibility index (Phi) is 13.9. The molecule has 0 radical (unpaired) electrons. The van der Waals surface area contributed by atoms with Crippen LogP contribution in [0.3, 0.4) is 0 Å². The van der Waals surface area contributed by atoms with Gasteiger partial charge >= 0.3 is 0 Å². The van der Waals surface area contributed by atoms with E-state index in [9.17, 15) is 9.90 Å². The summed E-state index contributed by atoms with van der Waals surface area (Å²) in [6.07, 6.45) is 7.39. The summed E-state index contributed by atoms with van der Waals surface area (Å²) in [5.74, 6) is 0.946. The molecule has 0 aliphatic heterocycles. The molecule has 4 nitrogen and oxygen atoms in total. The highest BCUT2D eigenvalue weighted by atomic mass is 35.5. The molecule has 0 heterocycles. The first-order chi connectivity index (χ1) is 14.6. The van der Waals surface area contributed by atoms with Crippen LogP contribution in [-0.4, -0.2) is 30.1 Å². The summed E-state index contributed by atoms with van der Waals surface area (Å²) >= 11 is 0. The van der Waals surface area contributed by atoms with Crippen LogP contribution in [0.5, 0.6) is 5.75 Å². The minimum atomic E-state index is -0.538. The maximum atomic E-state index is 12.4. The van der Waals surface area contributed by atoms with E-state index in [4.69, 9.17) is 4.74 Å². The monoisotopic (exact) mass is 447 g/mol. The normalized spacial score (nSPS) is 12.6. The number of ketones is 1. The Bertz CT molecular complexity index is 721. The van der Waals surface area contributed by atoms with Crippen LogP contribution in [0.2, 0.25) is 0 Å². The summed E-state index contributed by atoms with van der Waals surface area (Å²) in [5, 5.41) is 12.4. The van der Waals surface area contributed by atoms with Crippen molar-refractivity contribution in [2.24, 2.45) is 0 Å². The zero-order valence-electron chi connectivity index (χ0n) is 18.9. The predicted molar refractivity (Wildman–Crippen MR) is 122 cm³/mol. The molecular weight excluding hydrogens is 410 g/mol. The molecule has 2 aromatic carbocycles. The Morgan fingerprint density at radius 3 is 2.29 bits per heavy atom. The van der Waals surface area contributed by atoms with Gasteiger partial charge in [0.15, 0.2) is 5.78 Å². The Morgan fingerprint density at radius 2 is 1.61 bits per heavy atom. The number of hydrogen-bond acceptors (Lipinski definition) is 3. The average molecular weight is 448 g/mol. The molecule has 0 amide bonds. The first-order valence-corrected chi connectivity index (χ1v) is 11.4. The standard InChI is InChI=1S/C26H37NO3.ClH/c1-3-4-5-6-7-11-20-30-24-16-14-22(15-17-24)25(28)18-19-27-21(2)26(29)23-12-9-8-10-13-23;/h8-10,12-17,21,26-27,29H,3-7,11,18-20H2,1-2H3;1H. The first kappa shape index (κ1) is 27.2. The largest absolute Gasteiger partial charge is 1.00 e. The number of aliphatic hydroxyl groups excluding tert-OH is 1. The van der Waals surface area contributed by atoms with Gasteiger partial charge in [0.2, 0.25) is 0 Å². The number of quaternary nitrogens is 1. The lowest BCUT2D eigenvalue weighted by atomic mass is 10.0. The maximum Gasteiger partial charge on any atom is 0.168 e. The van der Waals surface area contributed by atoms with Gasteiger partial charge in [-0.25, -0.2) is 0 Å². The Labute approximate surface area is 193 Å². The van der Waals surface area contributed by atoms with Crippen molar-refractivity contribution in [2.45, 2.75) is 70.9 Å². The summed E-state index contributed by atoms with van der Waals surface area (Å²) in [6.45, 7) is 5.60. The maximum absolute atomic E-state index is 12.4. The molecule has 5 heteroatoms. The highest BCUT2D eigenvalue weighted by Crippen LogP contribution is 2.15. The average Bonchev–Trinajstić information content (AvgIpc) is 2.78. The molecule has 0 saturated heterocycles. The van der Waals surface area contributed by atoms with E-state index in [0.29, 0.717) is 18.5 Å². The van der Waals surface area contributed by atoms with E-state index in [0.717, 1.165) is 24.3 Å². The van der Waals surface area contributed by atoms with Gasteiger partial charge in [-0.1, -0.05) is 69.4 Å².